The Morgan fingerprint density at radius 1 is 0.265 bits per heavy atom. The first-order valence-electron chi connectivity index (χ1n) is 28.7. The van der Waals surface area contributed by atoms with E-state index in [1.165, 1.54) is 98.9 Å². The van der Waals surface area contributed by atoms with Crippen LogP contribution in [0.4, 0.5) is 34.1 Å². The van der Waals surface area contributed by atoms with Crippen molar-refractivity contribution < 1.29 is 0 Å². The van der Waals surface area contributed by atoms with Gasteiger partial charge in [0.2, 0.25) is 0 Å². The standard InChI is InChI=1S/C79H56N4/c1-79(2)71-51-63(80(57-43-39-55(40-44-57)53-21-5-3-6-22-53)59-25-19-27-61(49-59)82-73-35-15-11-29-64(73)65-30-12-16-36-74(65)82)47-48-70(71)78-69-34-10-9-33-68(69)77(52-72(78)79)81(58-45-41-56(42-46-58)54-23-7-4-8-24-54)60-26-20-28-62(50-60)83-75-37-17-13-31-66(75)67-32-14-18-38-76(67)83/h3-52H,1-2H3. The van der Waals surface area contributed by atoms with E-state index >= 15 is 0 Å². The molecule has 0 fully saturated rings. The summed E-state index contributed by atoms with van der Waals surface area (Å²) in [5.74, 6) is 0. The summed E-state index contributed by atoms with van der Waals surface area (Å²) in [6.07, 6.45) is 0. The number of nitrogens with zero attached hydrogens (tertiary/aromatic N) is 4. The topological polar surface area (TPSA) is 16.3 Å². The summed E-state index contributed by atoms with van der Waals surface area (Å²) in [5.41, 5.74) is 23.0. The summed E-state index contributed by atoms with van der Waals surface area (Å²) < 4.78 is 4.84. The van der Waals surface area contributed by atoms with Crippen LogP contribution in [-0.2, 0) is 5.41 Å². The first-order chi connectivity index (χ1) is 40.9. The van der Waals surface area contributed by atoms with Gasteiger partial charge in [-0.15, -0.1) is 0 Å². The Kier molecular flexibility index (Phi) is 11.2. The summed E-state index contributed by atoms with van der Waals surface area (Å²) in [7, 11) is 0. The summed E-state index contributed by atoms with van der Waals surface area (Å²) in [6.45, 7) is 4.84. The Morgan fingerprint density at radius 2 is 0.639 bits per heavy atom. The molecule has 1 aliphatic rings. The van der Waals surface area contributed by atoms with Crippen molar-refractivity contribution in [3.05, 3.63) is 314 Å². The van der Waals surface area contributed by atoms with E-state index in [-0.39, 0.29) is 5.41 Å². The average molecular weight is 1060 g/mol. The van der Waals surface area contributed by atoms with E-state index in [0.717, 1.165) is 45.5 Å². The molecule has 16 rings (SSSR count). The third-order valence-corrected chi connectivity index (χ3v) is 17.5. The molecule has 4 heteroatoms. The third kappa shape index (κ3) is 7.82. The molecular formula is C79H56N4. The molecule has 0 saturated carbocycles. The van der Waals surface area contributed by atoms with Crippen LogP contribution in [0.15, 0.2) is 303 Å². The maximum absolute atomic E-state index is 2.50. The molecule has 0 amide bonds. The zero-order valence-electron chi connectivity index (χ0n) is 46.2. The van der Waals surface area contributed by atoms with Gasteiger partial charge in [-0.25, -0.2) is 0 Å². The maximum atomic E-state index is 2.50. The Morgan fingerprint density at radius 3 is 1.12 bits per heavy atom. The molecule has 0 radical (unpaired) electrons. The van der Waals surface area contributed by atoms with Crippen LogP contribution in [0.25, 0.3) is 99.1 Å². The Hall–Kier alpha value is -10.7. The van der Waals surface area contributed by atoms with Gasteiger partial charge in [-0.2, -0.15) is 0 Å². The van der Waals surface area contributed by atoms with Crippen LogP contribution in [0.3, 0.4) is 0 Å². The van der Waals surface area contributed by atoms with Crippen molar-refractivity contribution in [3.63, 3.8) is 0 Å². The number of para-hydroxylation sites is 4. The predicted molar refractivity (Wildman–Crippen MR) is 350 cm³/mol. The maximum Gasteiger partial charge on any atom is 0.0543 e. The summed E-state index contributed by atoms with van der Waals surface area (Å²) in [6, 6.07) is 112. The van der Waals surface area contributed by atoms with Crippen LogP contribution in [0, 0.1) is 0 Å². The smallest absolute Gasteiger partial charge is 0.0543 e. The van der Waals surface area contributed by atoms with E-state index in [0.29, 0.717) is 0 Å². The number of rotatable bonds is 10. The SMILES string of the molecule is CC1(C)c2cc(N(c3ccc(-c4ccccc4)cc3)c3cccc(-n4c5ccccc5c5ccccc54)c3)ccc2-c2c1cc(N(c1ccc(-c3ccccc3)cc1)c1cccc(-n3c4ccccc4c4ccccc43)c1)c1ccccc21. The molecule has 0 bridgehead atoms. The molecule has 392 valence electrons. The van der Waals surface area contributed by atoms with Gasteiger partial charge in [0.05, 0.1) is 27.8 Å². The Balaban J connectivity index is 0.865. The molecule has 0 spiro atoms. The lowest BCUT2D eigenvalue weighted by atomic mass is 9.81. The lowest BCUT2D eigenvalue weighted by Gasteiger charge is -2.30. The average Bonchev–Trinajstić information content (AvgIpc) is 2.84. The molecule has 0 unspecified atom stereocenters. The number of benzene rings is 13. The van der Waals surface area contributed by atoms with Gasteiger partial charge in [0, 0.05) is 72.2 Å². The van der Waals surface area contributed by atoms with E-state index in [9.17, 15) is 0 Å². The fourth-order valence-corrected chi connectivity index (χ4v) is 13.6. The molecule has 13 aromatic carbocycles. The lowest BCUT2D eigenvalue weighted by Crippen LogP contribution is -2.18. The second kappa shape index (κ2) is 19.3. The Bertz CT molecular complexity index is 4880. The van der Waals surface area contributed by atoms with Crippen molar-refractivity contribution in [3.8, 4) is 44.8 Å². The summed E-state index contributed by atoms with van der Waals surface area (Å²) in [4.78, 5) is 4.93. The summed E-state index contributed by atoms with van der Waals surface area (Å²) in [5, 5.41) is 7.40. The van der Waals surface area contributed by atoms with E-state index in [4.69, 9.17) is 0 Å². The first-order valence-corrected chi connectivity index (χ1v) is 28.7. The molecule has 0 aliphatic heterocycles. The van der Waals surface area contributed by atoms with Gasteiger partial charge in [-0.05, 0) is 153 Å². The molecule has 4 nitrogen and oxygen atoms in total. The molecular weight excluding hydrogens is 1000 g/mol. The molecule has 0 saturated heterocycles. The van der Waals surface area contributed by atoms with Crippen molar-refractivity contribution >= 4 is 88.5 Å². The molecule has 15 aromatic rings. The Labute approximate surface area is 483 Å². The van der Waals surface area contributed by atoms with Crippen LogP contribution < -0.4 is 9.80 Å². The van der Waals surface area contributed by atoms with Gasteiger partial charge in [-0.3, -0.25) is 0 Å². The number of hydrogen-bond donors (Lipinski definition) is 0. The second-order valence-corrected chi connectivity index (χ2v) is 22.5. The van der Waals surface area contributed by atoms with E-state index in [1.54, 1.807) is 0 Å². The minimum Gasteiger partial charge on any atom is -0.310 e. The molecule has 0 N–H and O–H groups in total. The highest BCUT2D eigenvalue weighted by Gasteiger charge is 2.39. The van der Waals surface area contributed by atoms with Crippen LogP contribution >= 0.6 is 0 Å². The predicted octanol–water partition coefficient (Wildman–Crippen LogP) is 21.6. The van der Waals surface area contributed by atoms with Gasteiger partial charge < -0.3 is 18.9 Å². The summed E-state index contributed by atoms with van der Waals surface area (Å²) >= 11 is 0. The van der Waals surface area contributed by atoms with E-state index in [1.807, 2.05) is 0 Å². The van der Waals surface area contributed by atoms with Crippen molar-refractivity contribution in [1.29, 1.82) is 0 Å². The molecule has 2 aromatic heterocycles. The normalized spacial score (nSPS) is 12.6. The van der Waals surface area contributed by atoms with Gasteiger partial charge >= 0.3 is 0 Å². The molecule has 1 aliphatic carbocycles. The largest absolute Gasteiger partial charge is 0.310 e. The van der Waals surface area contributed by atoms with Crippen molar-refractivity contribution in [2.24, 2.45) is 0 Å². The molecule has 0 atom stereocenters. The number of fused-ring (bicyclic) bond motifs is 11. The van der Waals surface area contributed by atoms with Gasteiger partial charge in [0.1, 0.15) is 0 Å². The van der Waals surface area contributed by atoms with Crippen LogP contribution in [0.5, 0.6) is 0 Å². The van der Waals surface area contributed by atoms with Crippen molar-refractivity contribution in [2.45, 2.75) is 19.3 Å². The van der Waals surface area contributed by atoms with Gasteiger partial charge in [-0.1, -0.05) is 214 Å². The number of anilines is 6. The lowest BCUT2D eigenvalue weighted by molar-refractivity contribution is 0.661. The monoisotopic (exact) mass is 1060 g/mol. The minimum atomic E-state index is -0.388. The van der Waals surface area contributed by atoms with Crippen molar-refractivity contribution in [1.82, 2.24) is 9.13 Å². The van der Waals surface area contributed by atoms with Crippen molar-refractivity contribution in [2.75, 3.05) is 9.80 Å². The van der Waals surface area contributed by atoms with Crippen LogP contribution in [0.2, 0.25) is 0 Å². The zero-order valence-corrected chi connectivity index (χ0v) is 46.2. The third-order valence-electron chi connectivity index (χ3n) is 17.5. The van der Waals surface area contributed by atoms with Gasteiger partial charge in [0.25, 0.3) is 0 Å². The quantitative estimate of drug-likeness (QED) is 0.136. The highest BCUT2D eigenvalue weighted by molar-refractivity contribution is 6.12. The van der Waals surface area contributed by atoms with E-state index in [2.05, 4.69) is 336 Å². The van der Waals surface area contributed by atoms with Crippen LogP contribution in [0.1, 0.15) is 25.0 Å². The van der Waals surface area contributed by atoms with Crippen LogP contribution in [-0.4, -0.2) is 9.13 Å². The van der Waals surface area contributed by atoms with Gasteiger partial charge in [0.15, 0.2) is 0 Å². The molecule has 2 heterocycles. The van der Waals surface area contributed by atoms with E-state index < -0.39 is 0 Å². The highest BCUT2D eigenvalue weighted by atomic mass is 15.2. The molecule has 83 heavy (non-hydrogen) atoms. The fraction of sp³-hybridized carbons (Fsp3) is 0.0380. The first kappa shape index (κ1) is 48.2. The minimum absolute atomic E-state index is 0.388. The number of aromatic nitrogens is 2. The second-order valence-electron chi connectivity index (χ2n) is 22.5. The zero-order chi connectivity index (χ0) is 55.2. The highest BCUT2D eigenvalue weighted by Crippen LogP contribution is 2.56. The fourth-order valence-electron chi connectivity index (χ4n) is 13.6. The number of hydrogen-bond acceptors (Lipinski definition) is 2.